The third-order valence-electron chi connectivity index (χ3n) is 6.47. The predicted octanol–water partition coefficient (Wildman–Crippen LogP) is 6.08. The highest BCUT2D eigenvalue weighted by molar-refractivity contribution is 7.17. The summed E-state index contributed by atoms with van der Waals surface area (Å²) in [5.41, 5.74) is 1.16. The van der Waals surface area contributed by atoms with Gasteiger partial charge in [0.15, 0.2) is 5.13 Å². The van der Waals surface area contributed by atoms with Gasteiger partial charge in [-0.2, -0.15) is 0 Å². The monoisotopic (exact) mass is 578 g/mol. The summed E-state index contributed by atoms with van der Waals surface area (Å²) in [4.78, 5) is 45.7. The molecule has 1 aromatic heterocycles. The zero-order chi connectivity index (χ0) is 29.7. The summed E-state index contributed by atoms with van der Waals surface area (Å²) in [5, 5.41) is 11.6. The summed E-state index contributed by atoms with van der Waals surface area (Å²) in [5.74, 6) is -1.32. The normalized spacial score (nSPS) is 16.3. The number of Topliss-reactive ketones (excluding diaryl/α,β-unsaturated/α-hetero) is 1. The molecule has 2 heterocycles. The second-order valence-electron chi connectivity index (χ2n) is 10.1. The largest absolute Gasteiger partial charge is 0.507 e. The molecule has 1 saturated heterocycles. The van der Waals surface area contributed by atoms with Gasteiger partial charge >= 0.3 is 11.9 Å². The topological polar surface area (TPSA) is 115 Å². The minimum atomic E-state index is -1.02. The zero-order valence-corrected chi connectivity index (χ0v) is 24.6. The van der Waals surface area contributed by atoms with Crippen molar-refractivity contribution < 1.29 is 33.7 Å². The predicted molar refractivity (Wildman–Crippen MR) is 157 cm³/mol. The maximum atomic E-state index is 13.5. The molecule has 0 saturated carbocycles. The van der Waals surface area contributed by atoms with Crippen LogP contribution in [0.1, 0.15) is 66.1 Å². The van der Waals surface area contributed by atoms with Crippen LogP contribution in [0.25, 0.3) is 5.76 Å². The van der Waals surface area contributed by atoms with Gasteiger partial charge in [0.05, 0.1) is 37.6 Å². The Morgan fingerprint density at radius 3 is 2.51 bits per heavy atom. The number of amides is 1. The molecule has 9 nitrogen and oxygen atoms in total. The molecule has 4 rings (SSSR count). The summed E-state index contributed by atoms with van der Waals surface area (Å²) in [6.07, 6.45) is 1.92. The number of aliphatic hydroxyl groups is 1. The van der Waals surface area contributed by atoms with Crippen molar-refractivity contribution in [3.63, 3.8) is 0 Å². The number of anilines is 1. The average Bonchev–Trinajstić information content (AvgIpc) is 3.48. The van der Waals surface area contributed by atoms with Gasteiger partial charge in [-0.3, -0.25) is 14.5 Å². The lowest BCUT2D eigenvalue weighted by Crippen LogP contribution is -2.29. The number of hydrogen-bond acceptors (Lipinski definition) is 9. The van der Waals surface area contributed by atoms with Gasteiger partial charge in [0, 0.05) is 5.56 Å². The first-order valence-corrected chi connectivity index (χ1v) is 14.3. The summed E-state index contributed by atoms with van der Waals surface area (Å²) >= 11 is 0.967. The van der Waals surface area contributed by atoms with Crippen LogP contribution in [-0.4, -0.2) is 48.1 Å². The minimum Gasteiger partial charge on any atom is -0.507 e. The van der Waals surface area contributed by atoms with Crippen LogP contribution in [0.3, 0.4) is 0 Å². The van der Waals surface area contributed by atoms with Gasteiger partial charge in [-0.15, -0.1) is 0 Å². The van der Waals surface area contributed by atoms with Crippen molar-refractivity contribution in [3.05, 3.63) is 75.8 Å². The number of esters is 1. The number of rotatable bonds is 11. The molecule has 3 aromatic rings. The van der Waals surface area contributed by atoms with Gasteiger partial charge in [-0.1, -0.05) is 50.7 Å². The summed E-state index contributed by atoms with van der Waals surface area (Å²) < 4.78 is 16.5. The number of carbonyl (C=O) groups is 3. The molecule has 1 unspecified atom stereocenters. The standard InChI is InChI=1S/C31H34N2O7S/c1-6-7-15-39-22-13-11-20(12-14-22)26(34)24-25(21-9-8-10-23(16-21)38-5)33(29(36)27(24)35)31-32-19(4)28(41-31)30(37)40-17-18(2)3/h8-14,16,18,25,34H,6-7,15,17H2,1-5H3. The molecule has 0 radical (unpaired) electrons. The number of benzene rings is 2. The van der Waals surface area contributed by atoms with Crippen molar-refractivity contribution in [2.24, 2.45) is 5.92 Å². The number of thiazole rings is 1. The van der Waals surface area contributed by atoms with Gasteiger partial charge in [0.2, 0.25) is 0 Å². The number of ether oxygens (including phenoxy) is 3. The second kappa shape index (κ2) is 13.0. The van der Waals surface area contributed by atoms with Crippen molar-refractivity contribution in [3.8, 4) is 11.5 Å². The van der Waals surface area contributed by atoms with E-state index in [1.54, 1.807) is 55.5 Å². The molecule has 216 valence electrons. The van der Waals surface area contributed by atoms with Crippen molar-refractivity contribution in [2.45, 2.75) is 46.6 Å². The van der Waals surface area contributed by atoms with Crippen LogP contribution in [0.2, 0.25) is 0 Å². The SMILES string of the molecule is CCCCOc1ccc(C(O)=C2C(=O)C(=O)N(c3nc(C)c(C(=O)OCC(C)C)s3)C2c2cccc(OC)c2)cc1. The Morgan fingerprint density at radius 2 is 1.85 bits per heavy atom. The van der Waals surface area contributed by atoms with Gasteiger partial charge in [0.1, 0.15) is 22.1 Å². The maximum Gasteiger partial charge on any atom is 0.350 e. The third-order valence-corrected chi connectivity index (χ3v) is 7.61. The van der Waals surface area contributed by atoms with Crippen LogP contribution in [-0.2, 0) is 14.3 Å². The first kappa shape index (κ1) is 29.8. The van der Waals surface area contributed by atoms with Gasteiger partial charge in [-0.25, -0.2) is 9.78 Å². The summed E-state index contributed by atoms with van der Waals surface area (Å²) in [7, 11) is 1.51. The second-order valence-corrected chi connectivity index (χ2v) is 11.1. The highest BCUT2D eigenvalue weighted by Crippen LogP contribution is 2.44. The van der Waals surface area contributed by atoms with Crippen molar-refractivity contribution in [1.29, 1.82) is 0 Å². The molecule has 0 bridgehead atoms. The Morgan fingerprint density at radius 1 is 1.12 bits per heavy atom. The van der Waals surface area contributed by atoms with Crippen LogP contribution in [0, 0.1) is 12.8 Å². The van der Waals surface area contributed by atoms with Crippen LogP contribution in [0.4, 0.5) is 5.13 Å². The van der Waals surface area contributed by atoms with E-state index in [1.165, 1.54) is 12.0 Å². The number of methoxy groups -OCH3 is 1. The molecular formula is C31H34N2O7S. The van der Waals surface area contributed by atoms with E-state index >= 15 is 0 Å². The van der Waals surface area contributed by atoms with Gasteiger partial charge in [0.25, 0.3) is 5.78 Å². The zero-order valence-electron chi connectivity index (χ0n) is 23.8. The molecule has 1 N–H and O–H groups in total. The first-order valence-electron chi connectivity index (χ1n) is 13.5. The highest BCUT2D eigenvalue weighted by Gasteiger charge is 2.48. The van der Waals surface area contributed by atoms with E-state index in [9.17, 15) is 19.5 Å². The molecule has 0 spiro atoms. The van der Waals surface area contributed by atoms with Crippen LogP contribution in [0.5, 0.6) is 11.5 Å². The van der Waals surface area contributed by atoms with Crippen molar-refractivity contribution >= 4 is 39.9 Å². The summed E-state index contributed by atoms with van der Waals surface area (Å²) in [6.45, 7) is 8.39. The van der Waals surface area contributed by atoms with E-state index in [1.807, 2.05) is 13.8 Å². The fraction of sp³-hybridized carbons (Fsp3) is 0.355. The number of carbonyl (C=O) groups excluding carboxylic acids is 3. The van der Waals surface area contributed by atoms with E-state index in [4.69, 9.17) is 14.2 Å². The number of unbranched alkanes of at least 4 members (excludes halogenated alkanes) is 1. The highest BCUT2D eigenvalue weighted by atomic mass is 32.1. The Kier molecular flexibility index (Phi) is 9.44. The molecule has 1 aliphatic heterocycles. The van der Waals surface area contributed by atoms with E-state index in [0.717, 1.165) is 24.2 Å². The third kappa shape index (κ3) is 6.43. The van der Waals surface area contributed by atoms with E-state index in [-0.39, 0.29) is 33.9 Å². The number of aromatic nitrogens is 1. The van der Waals surface area contributed by atoms with E-state index in [0.29, 0.717) is 34.9 Å². The number of nitrogens with zero attached hydrogens (tertiary/aromatic N) is 2. The van der Waals surface area contributed by atoms with E-state index < -0.39 is 23.7 Å². The molecule has 1 atom stereocenters. The average molecular weight is 579 g/mol. The molecule has 1 amide bonds. The molecule has 2 aromatic carbocycles. The summed E-state index contributed by atoms with van der Waals surface area (Å²) in [6, 6.07) is 12.6. The lowest BCUT2D eigenvalue weighted by molar-refractivity contribution is -0.132. The fourth-order valence-electron chi connectivity index (χ4n) is 4.34. The van der Waals surface area contributed by atoms with Gasteiger partial charge in [-0.05, 0) is 61.2 Å². The molecule has 10 heteroatoms. The van der Waals surface area contributed by atoms with Crippen LogP contribution < -0.4 is 14.4 Å². The number of ketones is 1. The maximum absolute atomic E-state index is 13.5. The quantitative estimate of drug-likeness (QED) is 0.0957. The number of aryl methyl sites for hydroxylation is 1. The van der Waals surface area contributed by atoms with Crippen molar-refractivity contribution in [2.75, 3.05) is 25.2 Å². The molecular weight excluding hydrogens is 544 g/mol. The number of hydrogen-bond donors (Lipinski definition) is 1. The molecule has 41 heavy (non-hydrogen) atoms. The first-order chi connectivity index (χ1) is 19.7. The Bertz CT molecular complexity index is 1460. The lowest BCUT2D eigenvalue weighted by atomic mass is 9.95. The van der Waals surface area contributed by atoms with Crippen LogP contribution >= 0.6 is 11.3 Å². The Labute approximate surface area is 243 Å². The van der Waals surface area contributed by atoms with Gasteiger partial charge < -0.3 is 19.3 Å². The molecule has 1 aliphatic rings. The Balaban J connectivity index is 1.79. The smallest absolute Gasteiger partial charge is 0.350 e. The molecule has 0 aliphatic carbocycles. The lowest BCUT2D eigenvalue weighted by Gasteiger charge is -2.23. The van der Waals surface area contributed by atoms with Crippen molar-refractivity contribution in [1.82, 2.24) is 4.98 Å². The number of aliphatic hydroxyl groups excluding tert-OH is 1. The molecule has 1 fully saturated rings. The van der Waals surface area contributed by atoms with Crippen LogP contribution in [0.15, 0.2) is 54.1 Å². The fourth-order valence-corrected chi connectivity index (χ4v) is 5.33. The Hall–Kier alpha value is -4.18. The minimum absolute atomic E-state index is 0.0975. The van der Waals surface area contributed by atoms with E-state index in [2.05, 4.69) is 11.9 Å².